The van der Waals surface area contributed by atoms with Crippen LogP contribution in [0.4, 0.5) is 0 Å². The molecule has 8 rings (SSSR count). The molecular formula is C44H70O23. The minimum atomic E-state index is -1.95. The van der Waals surface area contributed by atoms with Crippen molar-refractivity contribution < 1.29 is 114 Å². The van der Waals surface area contributed by atoms with Gasteiger partial charge >= 0.3 is 5.97 Å². The lowest BCUT2D eigenvalue weighted by molar-refractivity contribution is -0.392. The first kappa shape index (κ1) is 51.7. The van der Waals surface area contributed by atoms with Crippen molar-refractivity contribution in [2.75, 3.05) is 26.4 Å². The van der Waals surface area contributed by atoms with Crippen molar-refractivity contribution in [2.45, 2.75) is 200 Å². The van der Waals surface area contributed by atoms with Crippen molar-refractivity contribution in [1.29, 1.82) is 0 Å². The minimum absolute atomic E-state index is 0.0695. The van der Waals surface area contributed by atoms with E-state index in [4.69, 9.17) is 37.9 Å². The molecule has 14 N–H and O–H groups in total. The van der Waals surface area contributed by atoms with Gasteiger partial charge in [0.2, 0.25) is 6.29 Å². The predicted octanol–water partition coefficient (Wildman–Crippen LogP) is -5.11. The van der Waals surface area contributed by atoms with E-state index < -0.39 is 166 Å². The molecule has 8 fully saturated rings. The van der Waals surface area contributed by atoms with Gasteiger partial charge in [-0.1, -0.05) is 19.9 Å². The zero-order chi connectivity index (χ0) is 48.7. The van der Waals surface area contributed by atoms with Gasteiger partial charge in [0.05, 0.1) is 37.4 Å². The maximum Gasteiger partial charge on any atom is 0.314 e. The number of esters is 1. The zero-order valence-corrected chi connectivity index (χ0v) is 37.5. The maximum atomic E-state index is 14.2. The number of ether oxygens (including phenoxy) is 8. The summed E-state index contributed by atoms with van der Waals surface area (Å²) in [5.74, 6) is -0.713. The van der Waals surface area contributed by atoms with E-state index in [0.29, 0.717) is 51.4 Å². The molecule has 0 radical (unpaired) electrons. The molecule has 0 aromatic rings. The van der Waals surface area contributed by atoms with Gasteiger partial charge in [-0.2, -0.15) is 0 Å². The molecule has 0 aromatic carbocycles. The van der Waals surface area contributed by atoms with Crippen molar-refractivity contribution in [3.63, 3.8) is 0 Å². The second-order valence-electron chi connectivity index (χ2n) is 20.8. The van der Waals surface area contributed by atoms with E-state index in [1.807, 2.05) is 6.92 Å². The highest BCUT2D eigenvalue weighted by Crippen LogP contribution is 2.73. The monoisotopic (exact) mass is 966 g/mol. The normalized spacial score (nSPS) is 54.5. The molecule has 67 heavy (non-hydrogen) atoms. The van der Waals surface area contributed by atoms with Gasteiger partial charge in [-0.05, 0) is 86.5 Å². The van der Waals surface area contributed by atoms with Gasteiger partial charge in [0.1, 0.15) is 97.7 Å². The topological polar surface area (TPSA) is 374 Å². The molecule has 2 bridgehead atoms. The van der Waals surface area contributed by atoms with Crippen LogP contribution in [0.1, 0.15) is 71.6 Å². The minimum Gasteiger partial charge on any atom is -0.432 e. The summed E-state index contributed by atoms with van der Waals surface area (Å²) in [5, 5.41) is 148. The third-order valence-corrected chi connectivity index (χ3v) is 17.1. The Labute approximate surface area is 386 Å². The van der Waals surface area contributed by atoms with E-state index in [-0.39, 0.29) is 22.7 Å². The van der Waals surface area contributed by atoms with Crippen LogP contribution in [0.15, 0.2) is 12.2 Å². The molecule has 4 aliphatic carbocycles. The van der Waals surface area contributed by atoms with E-state index >= 15 is 0 Å². The Hall–Kier alpha value is -1.63. The van der Waals surface area contributed by atoms with Crippen LogP contribution in [-0.4, -0.2) is 232 Å². The summed E-state index contributed by atoms with van der Waals surface area (Å²) in [5.41, 5.74) is -2.08. The highest BCUT2D eigenvalue weighted by atomic mass is 16.8. The van der Waals surface area contributed by atoms with Crippen molar-refractivity contribution in [2.24, 2.45) is 28.1 Å². The summed E-state index contributed by atoms with van der Waals surface area (Å²) in [6, 6.07) is 0. The van der Waals surface area contributed by atoms with Crippen LogP contribution in [0, 0.1) is 28.1 Å². The van der Waals surface area contributed by atoms with E-state index in [1.54, 1.807) is 0 Å². The predicted molar refractivity (Wildman–Crippen MR) is 219 cm³/mol. The lowest BCUT2D eigenvalue weighted by Gasteiger charge is -2.64. The first-order valence-corrected chi connectivity index (χ1v) is 23.4. The summed E-state index contributed by atoms with van der Waals surface area (Å²) in [4.78, 5) is 14.2. The third-order valence-electron chi connectivity index (χ3n) is 17.1. The number of carbonyl (C=O) groups excluding carboxylic acids is 1. The second kappa shape index (κ2) is 19.4. The molecule has 4 aliphatic heterocycles. The van der Waals surface area contributed by atoms with Crippen LogP contribution in [0.2, 0.25) is 0 Å². The van der Waals surface area contributed by atoms with Crippen LogP contribution >= 0.6 is 0 Å². The molecule has 4 saturated carbocycles. The quantitative estimate of drug-likeness (QED) is 0.0494. The number of aliphatic hydroxyl groups is 14. The number of hydrogen-bond donors (Lipinski definition) is 14. The van der Waals surface area contributed by atoms with Crippen LogP contribution in [-0.2, 0) is 42.7 Å². The fraction of sp³-hybridized carbons (Fsp3) is 0.932. The highest BCUT2D eigenvalue weighted by molar-refractivity contribution is 5.77. The molecular weight excluding hydrogens is 896 g/mol. The molecule has 384 valence electrons. The first-order valence-electron chi connectivity index (χ1n) is 23.4. The zero-order valence-electron chi connectivity index (χ0n) is 37.5. The van der Waals surface area contributed by atoms with E-state index in [2.05, 4.69) is 13.5 Å². The summed E-state index contributed by atoms with van der Waals surface area (Å²) >= 11 is 0. The molecule has 23 heteroatoms. The van der Waals surface area contributed by atoms with Gasteiger partial charge in [0.15, 0.2) is 18.9 Å². The number of carbonyl (C=O) groups is 1. The molecule has 8 aliphatic rings. The fourth-order valence-electron chi connectivity index (χ4n) is 13.5. The Balaban J connectivity index is 0.991. The van der Waals surface area contributed by atoms with E-state index in [1.165, 1.54) is 0 Å². The van der Waals surface area contributed by atoms with Crippen LogP contribution in [0.3, 0.4) is 0 Å². The molecule has 4 saturated heterocycles. The Bertz CT molecular complexity index is 1760. The van der Waals surface area contributed by atoms with Gasteiger partial charge < -0.3 is 109 Å². The van der Waals surface area contributed by atoms with E-state index in [0.717, 1.165) is 12.0 Å². The summed E-state index contributed by atoms with van der Waals surface area (Å²) in [6.45, 7) is 5.41. The third kappa shape index (κ3) is 8.63. The van der Waals surface area contributed by atoms with E-state index in [9.17, 15) is 76.3 Å². The SMILES string of the molecule is C=C1C[C@@]23CC[C@@H]4[C@@](C)(CCC[C@@]4(C)C(=O)O[C@H]4O[C@@H](CO)[C@H](O)[C@@H](O)[C@@H]4O)[C@@H]2CC[C@]1(O[C@@H]1O[C@H](CO)[C@@H](O)[C@H](O[C@@H]2O[C@H](CO)[C@@H](O)[C@H](O)[C@@H]2O[C@@H]2O[C@H](CO)[C@H](O)[C@@H](O)[C@@H]2O)[C@@H]1O)C3. The van der Waals surface area contributed by atoms with Gasteiger partial charge in [-0.15, -0.1) is 0 Å². The largest absolute Gasteiger partial charge is 0.432 e. The smallest absolute Gasteiger partial charge is 0.314 e. The van der Waals surface area contributed by atoms with Crippen LogP contribution in [0.5, 0.6) is 0 Å². The summed E-state index contributed by atoms with van der Waals surface area (Å²) < 4.78 is 47.2. The first-order chi connectivity index (χ1) is 31.6. The maximum absolute atomic E-state index is 14.2. The molecule has 0 aromatic heterocycles. The van der Waals surface area contributed by atoms with Gasteiger partial charge in [0, 0.05) is 0 Å². The number of fused-ring (bicyclic) bond motifs is 3. The van der Waals surface area contributed by atoms with Gasteiger partial charge in [-0.3, -0.25) is 4.79 Å². The van der Waals surface area contributed by atoms with Crippen molar-refractivity contribution in [3.8, 4) is 0 Å². The lowest BCUT2D eigenvalue weighted by atomic mass is 9.41. The summed E-state index contributed by atoms with van der Waals surface area (Å²) in [6.07, 6.45) is -28.7. The molecule has 1 spiro atoms. The average Bonchev–Trinajstić information content (AvgIpc) is 3.50. The van der Waals surface area contributed by atoms with Crippen LogP contribution < -0.4 is 0 Å². The van der Waals surface area contributed by atoms with Gasteiger partial charge in [-0.25, -0.2) is 0 Å². The molecule has 0 amide bonds. The van der Waals surface area contributed by atoms with Crippen molar-refractivity contribution >= 4 is 5.97 Å². The molecule has 4 heterocycles. The summed E-state index contributed by atoms with van der Waals surface area (Å²) in [7, 11) is 0. The van der Waals surface area contributed by atoms with Crippen molar-refractivity contribution in [3.05, 3.63) is 12.2 Å². The molecule has 0 unspecified atom stereocenters. The Kier molecular flexibility index (Phi) is 15.0. The average molecular weight is 967 g/mol. The Morgan fingerprint density at radius 1 is 0.567 bits per heavy atom. The van der Waals surface area contributed by atoms with Crippen molar-refractivity contribution in [1.82, 2.24) is 0 Å². The fourth-order valence-corrected chi connectivity index (χ4v) is 13.5. The second-order valence-corrected chi connectivity index (χ2v) is 20.8. The standard InChI is InChI=1S/C44H70O23/c1-17-11-43-9-5-22-41(2,7-4-8-42(22,3)40(59)66-37-32(57)29(54)25(50)19(13-46)61-37)23(43)6-10-44(17,16-43)67-38-33(58)34(27(52)21(15-48)62-38)64-39-35(30(55)26(51)20(14-47)63-39)65-36-31(56)28(53)24(49)18(12-45)60-36/h18-39,45-58H,1,4-16H2,2-3H3/t18-,19+,20-,21-,22-,23+,24+,25+,26-,27-,28-,29-,30+,31+,32+,33+,34+,35+,36+,37-,38+,39+,41-,42-,43-,44+/m1/s1. The Morgan fingerprint density at radius 3 is 1.69 bits per heavy atom. The lowest BCUT2D eigenvalue weighted by Crippen LogP contribution is -2.67. The number of rotatable bonds is 12. The number of aliphatic hydroxyl groups excluding tert-OH is 14. The Morgan fingerprint density at radius 2 is 1.07 bits per heavy atom. The highest BCUT2D eigenvalue weighted by Gasteiger charge is 2.69. The number of hydrogen-bond acceptors (Lipinski definition) is 23. The molecule has 26 atom stereocenters. The van der Waals surface area contributed by atoms with Crippen LogP contribution in [0.25, 0.3) is 0 Å². The van der Waals surface area contributed by atoms with Gasteiger partial charge in [0.25, 0.3) is 0 Å². The molecule has 23 nitrogen and oxygen atoms in total.